The first-order valence-electron chi connectivity index (χ1n) is 5.45. The van der Waals surface area contributed by atoms with Gasteiger partial charge in [-0.05, 0) is 12.8 Å². The summed E-state index contributed by atoms with van der Waals surface area (Å²) in [6.07, 6.45) is 7.80. The Hall–Kier alpha value is -0.900. The maximum atomic E-state index is 12.0. The van der Waals surface area contributed by atoms with Crippen LogP contribution in [0.15, 0.2) is 11.6 Å². The van der Waals surface area contributed by atoms with E-state index in [1.165, 1.54) is 30.6 Å². The third-order valence-electron chi connectivity index (χ3n) is 3.06. The van der Waals surface area contributed by atoms with Gasteiger partial charge < -0.3 is 4.90 Å². The third-order valence-corrected chi connectivity index (χ3v) is 3.82. The molecule has 0 spiro atoms. The van der Waals surface area contributed by atoms with Gasteiger partial charge in [-0.3, -0.25) is 4.79 Å². The van der Waals surface area contributed by atoms with Crippen LogP contribution in [0.1, 0.15) is 41.9 Å². The van der Waals surface area contributed by atoms with Gasteiger partial charge in [0, 0.05) is 24.7 Å². The van der Waals surface area contributed by atoms with E-state index in [0.29, 0.717) is 11.0 Å². The van der Waals surface area contributed by atoms with Gasteiger partial charge in [0.25, 0.3) is 5.91 Å². The van der Waals surface area contributed by atoms with E-state index in [4.69, 9.17) is 0 Å². The smallest absolute Gasteiger partial charge is 0.282 e. The van der Waals surface area contributed by atoms with Crippen molar-refractivity contribution in [1.82, 2.24) is 9.88 Å². The van der Waals surface area contributed by atoms with Crippen molar-refractivity contribution >= 4 is 17.2 Å². The van der Waals surface area contributed by atoms with Crippen molar-refractivity contribution in [1.29, 1.82) is 0 Å². The monoisotopic (exact) mass is 224 g/mol. The lowest BCUT2D eigenvalue weighted by Crippen LogP contribution is -2.38. The van der Waals surface area contributed by atoms with Crippen LogP contribution >= 0.6 is 11.3 Å². The standard InChI is InChI=1S/C11H16N2OS/c1-13(9-5-3-2-4-6-9)11(14)10-12-7-8-15-10/h7-9H,2-6H2,1H3. The summed E-state index contributed by atoms with van der Waals surface area (Å²) in [6, 6.07) is 0.426. The van der Waals surface area contributed by atoms with E-state index < -0.39 is 0 Å². The fourth-order valence-corrected chi connectivity index (χ4v) is 2.73. The summed E-state index contributed by atoms with van der Waals surface area (Å²) >= 11 is 1.42. The largest absolute Gasteiger partial charge is 0.337 e. The molecule has 0 bridgehead atoms. The molecule has 0 aliphatic heterocycles. The number of rotatable bonds is 2. The predicted octanol–water partition coefficient (Wildman–Crippen LogP) is 2.55. The minimum Gasteiger partial charge on any atom is -0.337 e. The fourth-order valence-electron chi connectivity index (χ4n) is 2.11. The van der Waals surface area contributed by atoms with Crippen molar-refractivity contribution in [3.8, 4) is 0 Å². The Morgan fingerprint density at radius 1 is 1.47 bits per heavy atom. The van der Waals surface area contributed by atoms with Gasteiger partial charge in [0.15, 0.2) is 5.01 Å². The number of hydrogen-bond acceptors (Lipinski definition) is 3. The van der Waals surface area contributed by atoms with Crippen molar-refractivity contribution in [2.45, 2.75) is 38.1 Å². The third kappa shape index (κ3) is 2.37. The first kappa shape index (κ1) is 10.6. The van der Waals surface area contributed by atoms with Gasteiger partial charge in [-0.2, -0.15) is 0 Å². The molecule has 2 rings (SSSR count). The summed E-state index contributed by atoms with van der Waals surface area (Å²) in [6.45, 7) is 0. The zero-order chi connectivity index (χ0) is 10.7. The highest BCUT2D eigenvalue weighted by Gasteiger charge is 2.23. The number of thiazole rings is 1. The summed E-state index contributed by atoms with van der Waals surface area (Å²) < 4.78 is 0. The number of nitrogens with zero attached hydrogens (tertiary/aromatic N) is 2. The van der Waals surface area contributed by atoms with Crippen LogP contribution in [-0.2, 0) is 0 Å². The molecule has 1 aromatic rings. The van der Waals surface area contributed by atoms with Gasteiger partial charge in [-0.15, -0.1) is 11.3 Å². The second-order valence-corrected chi connectivity index (χ2v) is 4.94. The highest BCUT2D eigenvalue weighted by atomic mass is 32.1. The Morgan fingerprint density at radius 3 is 2.80 bits per heavy atom. The molecule has 1 amide bonds. The molecule has 15 heavy (non-hydrogen) atoms. The zero-order valence-corrected chi connectivity index (χ0v) is 9.80. The zero-order valence-electron chi connectivity index (χ0n) is 8.98. The molecule has 1 aromatic heterocycles. The molecular weight excluding hydrogens is 208 g/mol. The molecule has 1 fully saturated rings. The van der Waals surface area contributed by atoms with Crippen LogP contribution in [0, 0.1) is 0 Å². The summed E-state index contributed by atoms with van der Waals surface area (Å²) in [5.41, 5.74) is 0. The van der Waals surface area contributed by atoms with Gasteiger partial charge in [0.2, 0.25) is 0 Å². The first-order chi connectivity index (χ1) is 7.29. The van der Waals surface area contributed by atoms with Gasteiger partial charge in [-0.25, -0.2) is 4.98 Å². The lowest BCUT2D eigenvalue weighted by atomic mass is 9.94. The van der Waals surface area contributed by atoms with Gasteiger partial charge in [-0.1, -0.05) is 19.3 Å². The van der Waals surface area contributed by atoms with E-state index >= 15 is 0 Å². The molecule has 0 N–H and O–H groups in total. The molecule has 0 aromatic carbocycles. The van der Waals surface area contributed by atoms with E-state index in [0.717, 1.165) is 12.8 Å². The molecule has 3 nitrogen and oxygen atoms in total. The first-order valence-corrected chi connectivity index (χ1v) is 6.33. The predicted molar refractivity (Wildman–Crippen MR) is 61.1 cm³/mol. The van der Waals surface area contributed by atoms with Crippen LogP contribution in [0.4, 0.5) is 0 Å². The molecule has 1 heterocycles. The topological polar surface area (TPSA) is 33.2 Å². The summed E-state index contributed by atoms with van der Waals surface area (Å²) in [4.78, 5) is 17.9. The van der Waals surface area contributed by atoms with Crippen LogP contribution < -0.4 is 0 Å². The highest BCUT2D eigenvalue weighted by molar-refractivity contribution is 7.11. The van der Waals surface area contributed by atoms with Crippen LogP contribution in [-0.4, -0.2) is 28.9 Å². The quantitative estimate of drug-likeness (QED) is 0.773. The summed E-state index contributed by atoms with van der Waals surface area (Å²) in [5.74, 6) is 0.0805. The molecule has 0 radical (unpaired) electrons. The molecule has 1 aliphatic carbocycles. The Kier molecular flexibility index (Phi) is 3.36. The normalized spacial score (nSPS) is 17.7. The minimum atomic E-state index is 0.0805. The Bertz CT molecular complexity index is 317. The molecule has 0 atom stereocenters. The van der Waals surface area contributed by atoms with Crippen LogP contribution in [0.5, 0.6) is 0 Å². The number of aromatic nitrogens is 1. The fraction of sp³-hybridized carbons (Fsp3) is 0.636. The molecule has 0 saturated heterocycles. The second kappa shape index (κ2) is 4.75. The summed E-state index contributed by atoms with van der Waals surface area (Å²) in [5, 5.41) is 2.46. The molecule has 1 saturated carbocycles. The van der Waals surface area contributed by atoms with Crippen molar-refractivity contribution < 1.29 is 4.79 Å². The van der Waals surface area contributed by atoms with Crippen LogP contribution in [0.25, 0.3) is 0 Å². The Labute approximate surface area is 94.1 Å². The number of hydrogen-bond donors (Lipinski definition) is 0. The maximum absolute atomic E-state index is 12.0. The average Bonchev–Trinajstić information content (AvgIpc) is 2.82. The molecule has 0 unspecified atom stereocenters. The minimum absolute atomic E-state index is 0.0805. The van der Waals surface area contributed by atoms with E-state index in [2.05, 4.69) is 4.98 Å². The van der Waals surface area contributed by atoms with Crippen molar-refractivity contribution in [3.63, 3.8) is 0 Å². The van der Waals surface area contributed by atoms with Crippen molar-refractivity contribution in [2.75, 3.05) is 7.05 Å². The second-order valence-electron chi connectivity index (χ2n) is 4.05. The Balaban J connectivity index is 2.00. The van der Waals surface area contributed by atoms with Gasteiger partial charge >= 0.3 is 0 Å². The van der Waals surface area contributed by atoms with Gasteiger partial charge in [0.1, 0.15) is 0 Å². The number of carbonyl (C=O) groups is 1. The lowest BCUT2D eigenvalue weighted by molar-refractivity contribution is 0.0696. The lowest BCUT2D eigenvalue weighted by Gasteiger charge is -2.30. The molecular formula is C11H16N2OS. The number of carbonyl (C=O) groups excluding carboxylic acids is 1. The highest BCUT2D eigenvalue weighted by Crippen LogP contribution is 2.23. The van der Waals surface area contributed by atoms with Crippen molar-refractivity contribution in [2.24, 2.45) is 0 Å². The molecule has 82 valence electrons. The molecule has 1 aliphatic rings. The van der Waals surface area contributed by atoms with E-state index in [1.807, 2.05) is 17.3 Å². The summed E-state index contributed by atoms with van der Waals surface area (Å²) in [7, 11) is 1.90. The maximum Gasteiger partial charge on any atom is 0.282 e. The Morgan fingerprint density at radius 2 is 2.20 bits per heavy atom. The SMILES string of the molecule is CN(C(=O)c1nccs1)C1CCCCC1. The van der Waals surface area contributed by atoms with E-state index in [1.54, 1.807) is 6.20 Å². The van der Waals surface area contributed by atoms with E-state index in [9.17, 15) is 4.79 Å². The van der Waals surface area contributed by atoms with Gasteiger partial charge in [0.05, 0.1) is 0 Å². The number of amides is 1. The average molecular weight is 224 g/mol. The van der Waals surface area contributed by atoms with Crippen molar-refractivity contribution in [3.05, 3.63) is 16.6 Å². The molecule has 4 heteroatoms. The van der Waals surface area contributed by atoms with Crippen LogP contribution in [0.3, 0.4) is 0 Å². The van der Waals surface area contributed by atoms with Crippen LogP contribution in [0.2, 0.25) is 0 Å². The van der Waals surface area contributed by atoms with E-state index in [-0.39, 0.29) is 5.91 Å².